The molecule has 3 nitrogen and oxygen atoms in total. The molecule has 0 heterocycles. The van der Waals surface area contributed by atoms with E-state index in [0.717, 1.165) is 19.3 Å². The summed E-state index contributed by atoms with van der Waals surface area (Å²) in [5.41, 5.74) is -0.530. The Morgan fingerprint density at radius 3 is 2.50 bits per heavy atom. The Balaban J connectivity index is 2.40. The first-order valence-electron chi connectivity index (χ1n) is 6.35. The van der Waals surface area contributed by atoms with E-state index in [2.05, 4.69) is 0 Å². The molecule has 0 bridgehead atoms. The maximum atomic E-state index is 12.8. The molecule has 2 atom stereocenters. The monoisotopic (exact) mass is 316 g/mol. The molecule has 1 aromatic rings. The Hall–Kier alpha value is -0.701. The molecule has 1 aliphatic rings. The van der Waals surface area contributed by atoms with Crippen molar-refractivity contribution in [3.05, 3.63) is 30.3 Å². The zero-order chi connectivity index (χ0) is 13.2. The Kier molecular flexibility index (Phi) is 3.90. The topological polar surface area (TPSA) is 43.4 Å². The van der Waals surface area contributed by atoms with Gasteiger partial charge in [-0.05, 0) is 0 Å². The van der Waals surface area contributed by atoms with Gasteiger partial charge in [-0.25, -0.2) is 0 Å². The minimum atomic E-state index is -4.16. The van der Waals surface area contributed by atoms with E-state index >= 15 is 0 Å². The molecule has 0 aliphatic heterocycles. The summed E-state index contributed by atoms with van der Waals surface area (Å²) >= 11 is -4.16. The fraction of sp³-hybridized carbons (Fsp3) is 0.571. The van der Waals surface area contributed by atoms with Crippen molar-refractivity contribution in [1.29, 1.82) is 0 Å². The molecule has 1 saturated carbocycles. The van der Waals surface area contributed by atoms with Crippen molar-refractivity contribution in [2.75, 3.05) is 7.11 Å². The molecule has 1 fully saturated rings. The van der Waals surface area contributed by atoms with Gasteiger partial charge in [0.15, 0.2) is 0 Å². The molecule has 100 valence electrons. The molecular formula is C14H20O3Se. The van der Waals surface area contributed by atoms with Crippen LogP contribution in [0.25, 0.3) is 0 Å². The van der Waals surface area contributed by atoms with Gasteiger partial charge < -0.3 is 0 Å². The number of ether oxygens (including phenoxy) is 1. The van der Waals surface area contributed by atoms with E-state index in [9.17, 15) is 7.67 Å². The van der Waals surface area contributed by atoms with E-state index in [1.54, 1.807) is 31.4 Å². The second kappa shape index (κ2) is 5.12. The van der Waals surface area contributed by atoms with Gasteiger partial charge in [0.2, 0.25) is 0 Å². The summed E-state index contributed by atoms with van der Waals surface area (Å²) in [6.07, 6.45) is 3.56. The standard InChI is InChI=1S/C14H20O3Se/c1-14(17-2)11-7-6-10-13(14)18(15,16)12-8-4-3-5-9-12/h3-5,8-9,13H,6-7,10-11H2,1-2H3/t13-,14-/m0/s1. The molecule has 1 aliphatic carbocycles. The summed E-state index contributed by atoms with van der Waals surface area (Å²) in [5.74, 6) is 0. The molecule has 0 N–H and O–H groups in total. The molecule has 18 heavy (non-hydrogen) atoms. The van der Waals surface area contributed by atoms with Gasteiger partial charge in [0.05, 0.1) is 0 Å². The van der Waals surface area contributed by atoms with E-state index in [1.165, 1.54) is 0 Å². The Labute approximate surface area is 110 Å². The predicted octanol–water partition coefficient (Wildman–Crippen LogP) is 2.55. The molecule has 0 saturated heterocycles. The zero-order valence-corrected chi connectivity index (χ0v) is 12.6. The summed E-state index contributed by atoms with van der Waals surface area (Å²) in [6.45, 7) is 1.93. The second-order valence-corrected chi connectivity index (χ2v) is 9.58. The maximum absolute atomic E-state index is 12.8. The zero-order valence-electron chi connectivity index (χ0n) is 10.9. The normalized spacial score (nSPS) is 29.1. The van der Waals surface area contributed by atoms with Crippen molar-refractivity contribution in [3.63, 3.8) is 0 Å². The quantitative estimate of drug-likeness (QED) is 0.805. The molecular weight excluding hydrogens is 295 g/mol. The summed E-state index contributed by atoms with van der Waals surface area (Å²) in [4.78, 5) is -0.366. The van der Waals surface area contributed by atoms with E-state index < -0.39 is 18.3 Å². The Morgan fingerprint density at radius 1 is 1.22 bits per heavy atom. The van der Waals surface area contributed by atoms with Gasteiger partial charge in [-0.3, -0.25) is 0 Å². The van der Waals surface area contributed by atoms with Gasteiger partial charge >= 0.3 is 110 Å². The summed E-state index contributed by atoms with van der Waals surface area (Å²) in [5, 5.41) is 0. The number of benzene rings is 1. The Bertz CT molecular complexity index is 495. The van der Waals surface area contributed by atoms with Gasteiger partial charge in [0.1, 0.15) is 0 Å². The van der Waals surface area contributed by atoms with Crippen molar-refractivity contribution < 1.29 is 12.4 Å². The molecule has 4 heteroatoms. The molecule has 1 aromatic carbocycles. The summed E-state index contributed by atoms with van der Waals surface area (Å²) in [6, 6.07) is 8.80. The first-order chi connectivity index (χ1) is 8.50. The SMILES string of the molecule is CO[C@@]1(C)CCCC[C@@H]1[Se](=O)(=O)c1ccccc1. The first kappa shape index (κ1) is 13.7. The first-order valence-corrected chi connectivity index (χ1v) is 9.59. The van der Waals surface area contributed by atoms with Crippen LogP contribution in [0.1, 0.15) is 32.6 Å². The van der Waals surface area contributed by atoms with Crippen LogP contribution in [0.2, 0.25) is 4.82 Å². The second-order valence-electron chi connectivity index (χ2n) is 5.11. The fourth-order valence-electron chi connectivity index (χ4n) is 2.76. The molecule has 0 unspecified atom stereocenters. The van der Waals surface area contributed by atoms with Gasteiger partial charge in [-0.2, -0.15) is 0 Å². The third kappa shape index (κ3) is 2.37. The van der Waals surface area contributed by atoms with Crippen molar-refractivity contribution in [3.8, 4) is 0 Å². The van der Waals surface area contributed by atoms with Crippen molar-refractivity contribution >= 4 is 17.2 Å². The van der Waals surface area contributed by atoms with E-state index in [0.29, 0.717) is 10.9 Å². The van der Waals surface area contributed by atoms with Crippen LogP contribution in [0, 0.1) is 0 Å². The third-order valence-corrected chi connectivity index (χ3v) is 9.05. The van der Waals surface area contributed by atoms with Crippen LogP contribution in [0.3, 0.4) is 0 Å². The van der Waals surface area contributed by atoms with Crippen LogP contribution in [0.5, 0.6) is 0 Å². The van der Waals surface area contributed by atoms with Gasteiger partial charge in [-0.15, -0.1) is 0 Å². The van der Waals surface area contributed by atoms with Gasteiger partial charge in [-0.1, -0.05) is 0 Å². The minimum absolute atomic E-state index is 0.366. The van der Waals surface area contributed by atoms with Crippen LogP contribution in [-0.2, 0) is 12.4 Å². The molecule has 0 radical (unpaired) electrons. The van der Waals surface area contributed by atoms with Gasteiger partial charge in [0, 0.05) is 0 Å². The summed E-state index contributed by atoms with van der Waals surface area (Å²) < 4.78 is 31.5. The molecule has 0 spiro atoms. The van der Waals surface area contributed by atoms with Crippen molar-refractivity contribution in [1.82, 2.24) is 0 Å². The Morgan fingerprint density at radius 2 is 1.89 bits per heavy atom. The number of methoxy groups -OCH3 is 1. The van der Waals surface area contributed by atoms with Crippen LogP contribution >= 0.6 is 0 Å². The van der Waals surface area contributed by atoms with E-state index in [-0.39, 0.29) is 4.82 Å². The van der Waals surface area contributed by atoms with E-state index in [1.807, 2.05) is 13.0 Å². The predicted molar refractivity (Wildman–Crippen MR) is 70.8 cm³/mol. The number of hydrogen-bond acceptors (Lipinski definition) is 3. The summed E-state index contributed by atoms with van der Waals surface area (Å²) in [7, 11) is 1.62. The van der Waals surface area contributed by atoms with Crippen LogP contribution in [0.4, 0.5) is 0 Å². The molecule has 0 aromatic heterocycles. The molecule has 2 rings (SSSR count). The van der Waals surface area contributed by atoms with Crippen LogP contribution in [0.15, 0.2) is 30.3 Å². The van der Waals surface area contributed by atoms with Crippen molar-refractivity contribution in [2.45, 2.75) is 43.0 Å². The molecule has 0 amide bonds. The number of hydrogen-bond donors (Lipinski definition) is 0. The third-order valence-electron chi connectivity index (χ3n) is 3.98. The average Bonchev–Trinajstić information content (AvgIpc) is 2.40. The fourth-order valence-corrected chi connectivity index (χ4v) is 7.41. The average molecular weight is 315 g/mol. The van der Waals surface area contributed by atoms with Crippen molar-refractivity contribution in [2.24, 2.45) is 0 Å². The van der Waals surface area contributed by atoms with Crippen LogP contribution in [-0.4, -0.2) is 25.4 Å². The van der Waals surface area contributed by atoms with Gasteiger partial charge in [0.25, 0.3) is 0 Å². The van der Waals surface area contributed by atoms with E-state index in [4.69, 9.17) is 4.74 Å². The number of rotatable bonds is 3. The van der Waals surface area contributed by atoms with Crippen LogP contribution < -0.4 is 4.46 Å².